The maximum absolute atomic E-state index is 14.3. The average Bonchev–Trinajstić information content (AvgIpc) is 3.16. The van der Waals surface area contributed by atoms with Crippen LogP contribution in [-0.2, 0) is 25.6 Å². The molecule has 1 saturated heterocycles. The van der Waals surface area contributed by atoms with Crippen LogP contribution in [0.15, 0.2) is 35.5 Å². The molecule has 1 aliphatic carbocycles. The number of rotatable bonds is 3. The zero-order valence-corrected chi connectivity index (χ0v) is 20.4. The molecule has 2 unspecified atom stereocenters. The van der Waals surface area contributed by atoms with E-state index >= 15 is 0 Å². The predicted octanol–water partition coefficient (Wildman–Crippen LogP) is 5.58. The van der Waals surface area contributed by atoms with Gasteiger partial charge in [0.2, 0.25) is 5.91 Å². The van der Waals surface area contributed by atoms with Gasteiger partial charge in [-0.25, -0.2) is 18.0 Å². The minimum Gasteiger partial charge on any atom is -0.447 e. The van der Waals surface area contributed by atoms with Crippen molar-refractivity contribution in [1.29, 1.82) is 0 Å². The van der Waals surface area contributed by atoms with Crippen molar-refractivity contribution in [1.82, 2.24) is 4.90 Å². The highest BCUT2D eigenvalue weighted by atomic mass is 35.5. The van der Waals surface area contributed by atoms with Crippen molar-refractivity contribution in [3.63, 3.8) is 0 Å². The fourth-order valence-electron chi connectivity index (χ4n) is 5.09. The van der Waals surface area contributed by atoms with Crippen molar-refractivity contribution in [2.45, 2.75) is 36.1 Å². The first-order chi connectivity index (χ1) is 17.7. The number of oxime groups is 1. The Balaban J connectivity index is 1.26. The number of amides is 1. The van der Waals surface area contributed by atoms with E-state index in [9.17, 15) is 35.9 Å². The third-order valence-electron chi connectivity index (χ3n) is 7.32. The van der Waals surface area contributed by atoms with Gasteiger partial charge in [0, 0.05) is 29.5 Å². The summed E-state index contributed by atoms with van der Waals surface area (Å²) < 4.78 is 88.7. The molecular formula is C24H14Cl2F6N2O4. The molecule has 1 spiro atoms. The predicted molar refractivity (Wildman–Crippen MR) is 120 cm³/mol. The van der Waals surface area contributed by atoms with Gasteiger partial charge in [-0.05, 0) is 18.2 Å². The molecule has 1 saturated carbocycles. The highest BCUT2D eigenvalue weighted by Crippen LogP contribution is 2.53. The largest absolute Gasteiger partial charge is 0.447 e. The number of hydrogen-bond donors (Lipinski definition) is 0. The first-order valence-corrected chi connectivity index (χ1v) is 11.9. The zero-order valence-electron chi connectivity index (χ0n) is 18.8. The number of ether oxygens (including phenoxy) is 1. The Labute approximate surface area is 220 Å². The van der Waals surface area contributed by atoms with Crippen LogP contribution in [0.4, 0.5) is 26.3 Å². The van der Waals surface area contributed by atoms with Crippen LogP contribution < -0.4 is 0 Å². The van der Waals surface area contributed by atoms with Crippen LogP contribution in [0.5, 0.6) is 0 Å². The monoisotopic (exact) mass is 578 g/mol. The normalized spacial score (nSPS) is 26.4. The van der Waals surface area contributed by atoms with Gasteiger partial charge in [0.15, 0.2) is 11.4 Å². The molecule has 6 nitrogen and oxygen atoms in total. The molecule has 0 radical (unpaired) electrons. The van der Waals surface area contributed by atoms with Gasteiger partial charge in [0.1, 0.15) is 5.92 Å². The molecule has 2 fully saturated rings. The summed E-state index contributed by atoms with van der Waals surface area (Å²) in [5, 5.41) is 2.37. The Bertz CT molecular complexity index is 1430. The molecule has 38 heavy (non-hydrogen) atoms. The topological polar surface area (TPSA) is 68.2 Å². The third-order valence-corrected chi connectivity index (χ3v) is 7.87. The summed E-state index contributed by atoms with van der Waals surface area (Å²) in [5.74, 6) is -6.98. The van der Waals surface area contributed by atoms with E-state index in [0.29, 0.717) is 5.56 Å². The number of fused-ring (bicyclic) bond motifs is 2. The molecule has 1 amide bonds. The minimum absolute atomic E-state index is 0.0476. The van der Waals surface area contributed by atoms with E-state index < -0.39 is 75.4 Å². The van der Waals surface area contributed by atoms with Gasteiger partial charge in [0.25, 0.3) is 11.5 Å². The Morgan fingerprint density at radius 2 is 1.74 bits per heavy atom. The van der Waals surface area contributed by atoms with E-state index in [1.54, 1.807) is 0 Å². The fraction of sp³-hybridized carbons (Fsp3) is 0.375. The van der Waals surface area contributed by atoms with E-state index in [2.05, 4.69) is 5.16 Å². The molecule has 200 valence electrons. The summed E-state index contributed by atoms with van der Waals surface area (Å²) >= 11 is 11.4. The Morgan fingerprint density at radius 1 is 1.11 bits per heavy atom. The molecule has 0 bridgehead atoms. The van der Waals surface area contributed by atoms with Crippen LogP contribution in [0.25, 0.3) is 0 Å². The van der Waals surface area contributed by atoms with Gasteiger partial charge in [0.05, 0.1) is 34.4 Å². The van der Waals surface area contributed by atoms with E-state index in [1.807, 2.05) is 0 Å². The molecule has 14 heteroatoms. The molecule has 0 N–H and O–H groups in total. The van der Waals surface area contributed by atoms with Crippen molar-refractivity contribution in [3.05, 3.63) is 68.4 Å². The van der Waals surface area contributed by atoms with Crippen molar-refractivity contribution in [2.75, 3.05) is 13.1 Å². The van der Waals surface area contributed by atoms with Crippen LogP contribution in [0.3, 0.4) is 0 Å². The maximum atomic E-state index is 14.3. The van der Waals surface area contributed by atoms with E-state index in [-0.39, 0.29) is 29.9 Å². The first kappa shape index (κ1) is 25.3. The number of halogens is 8. The van der Waals surface area contributed by atoms with Gasteiger partial charge in [-0.3, -0.25) is 4.79 Å². The summed E-state index contributed by atoms with van der Waals surface area (Å²) in [5.41, 5.74) is -4.37. The molecule has 2 aromatic carbocycles. The fourth-order valence-corrected chi connectivity index (χ4v) is 5.57. The van der Waals surface area contributed by atoms with Crippen molar-refractivity contribution in [2.24, 2.45) is 11.1 Å². The van der Waals surface area contributed by atoms with Crippen LogP contribution >= 0.6 is 23.2 Å². The standard InChI is InChI=1S/C24H14Cl2F6N2O4/c25-15-4-11(5-16(26)18(15)27)22(24(30,31)32)7-17(33-38-22)10-1-2-13-12(3-10)20(36)37-21(13)8-34(9-21)19(35)14-6-23(14,28)29/h1-5,14H,6-9H2. The van der Waals surface area contributed by atoms with Crippen molar-refractivity contribution >= 4 is 40.8 Å². The summed E-state index contributed by atoms with van der Waals surface area (Å²) in [4.78, 5) is 31.0. The van der Waals surface area contributed by atoms with E-state index in [0.717, 1.165) is 12.1 Å². The van der Waals surface area contributed by atoms with E-state index in [1.165, 1.54) is 23.1 Å². The van der Waals surface area contributed by atoms with Gasteiger partial charge < -0.3 is 14.5 Å². The number of likely N-dealkylation sites (tertiary alicyclic amines) is 1. The molecule has 0 aromatic heterocycles. The highest BCUT2D eigenvalue weighted by molar-refractivity contribution is 6.35. The second-order valence-corrected chi connectivity index (χ2v) is 10.6. The molecule has 4 aliphatic rings. The highest BCUT2D eigenvalue weighted by Gasteiger charge is 2.66. The van der Waals surface area contributed by atoms with Crippen LogP contribution in [0.2, 0.25) is 10.0 Å². The maximum Gasteiger partial charge on any atom is 0.435 e. The van der Waals surface area contributed by atoms with Crippen molar-refractivity contribution < 1.29 is 45.5 Å². The van der Waals surface area contributed by atoms with Gasteiger partial charge >= 0.3 is 12.1 Å². The molecule has 2 aromatic rings. The second kappa shape index (κ2) is 7.78. The lowest BCUT2D eigenvalue weighted by Gasteiger charge is -2.46. The lowest BCUT2D eigenvalue weighted by atomic mass is 9.83. The van der Waals surface area contributed by atoms with Gasteiger partial charge in [-0.15, -0.1) is 0 Å². The molecule has 3 aliphatic heterocycles. The zero-order chi connectivity index (χ0) is 27.4. The van der Waals surface area contributed by atoms with Crippen LogP contribution in [0.1, 0.15) is 39.9 Å². The van der Waals surface area contributed by atoms with E-state index in [4.69, 9.17) is 32.8 Å². The number of benzene rings is 2. The summed E-state index contributed by atoms with van der Waals surface area (Å²) in [6.45, 7) is -0.215. The minimum atomic E-state index is -5.01. The van der Waals surface area contributed by atoms with Gasteiger partial charge in [-0.1, -0.05) is 40.5 Å². The summed E-state index contributed by atoms with van der Waals surface area (Å²) in [6, 6.07) is 5.71. The number of carbonyl (C=O) groups excluding carboxylic acids is 2. The third kappa shape index (κ3) is 3.52. The van der Waals surface area contributed by atoms with Crippen LogP contribution in [0, 0.1) is 11.7 Å². The van der Waals surface area contributed by atoms with Crippen molar-refractivity contribution in [3.8, 4) is 0 Å². The Hall–Kier alpha value is -2.99. The lowest BCUT2D eigenvalue weighted by molar-refractivity contribution is -0.275. The number of esters is 1. The summed E-state index contributed by atoms with van der Waals surface area (Å²) in [6.07, 6.45) is -6.36. The quantitative estimate of drug-likeness (QED) is 0.271. The molecular weight excluding hydrogens is 565 g/mol. The smallest absolute Gasteiger partial charge is 0.435 e. The molecule has 3 heterocycles. The average molecular weight is 579 g/mol. The number of hydrogen-bond acceptors (Lipinski definition) is 5. The molecule has 6 rings (SSSR count). The molecule has 2 atom stereocenters. The number of nitrogens with zero attached hydrogens (tertiary/aromatic N) is 2. The SMILES string of the molecule is O=C1OC2(CN(C(=O)C3CC3(F)F)C2)c2ccc(C3=NOC(c4cc(Cl)c(F)c(Cl)c4)(C(F)(F)F)C3)cc21. The first-order valence-electron chi connectivity index (χ1n) is 11.2. The van der Waals surface area contributed by atoms with Gasteiger partial charge in [-0.2, -0.15) is 13.2 Å². The Morgan fingerprint density at radius 3 is 2.32 bits per heavy atom. The summed E-state index contributed by atoms with van der Waals surface area (Å²) in [7, 11) is 0. The second-order valence-electron chi connectivity index (χ2n) is 9.74. The number of alkyl halides is 5. The van der Waals surface area contributed by atoms with Crippen LogP contribution in [-0.4, -0.2) is 47.7 Å². The Kier molecular flexibility index (Phi) is 5.18. The lowest BCUT2D eigenvalue weighted by Crippen LogP contribution is -2.62. The number of carbonyl (C=O) groups is 2.